The second kappa shape index (κ2) is 10.8. The number of nitrogens with zero attached hydrogens (tertiary/aromatic N) is 2. The number of Topliss-reactive ketones (excluding diaryl/α,β-unsaturated/α-hetero) is 1. The van der Waals surface area contributed by atoms with Gasteiger partial charge in [0.05, 0.1) is 25.8 Å². The molecule has 2 heterocycles. The first-order chi connectivity index (χ1) is 16.2. The van der Waals surface area contributed by atoms with Crippen molar-refractivity contribution in [3.8, 4) is 17.2 Å². The molecule has 1 fully saturated rings. The standard InChI is InChI=1S/C24H27ClN2O7/c1-13(28)20-18(31-4)11-19(32-5)21(15-8-10-27(3)17(15)12-33-14(2)29)22(20)34-24(30)16-7-6-9-26-23(16)25/h6-7,9,11,15,17H,8,10,12H2,1-5H3/t15-,17+/m1/s1. The van der Waals surface area contributed by atoms with Crippen LogP contribution in [0.4, 0.5) is 0 Å². The topological polar surface area (TPSA) is 104 Å². The van der Waals surface area contributed by atoms with Crippen LogP contribution in [0.25, 0.3) is 0 Å². The Hall–Kier alpha value is -3.17. The lowest BCUT2D eigenvalue weighted by Crippen LogP contribution is -2.34. The van der Waals surface area contributed by atoms with Gasteiger partial charge in [-0.3, -0.25) is 14.5 Å². The molecule has 0 radical (unpaired) electrons. The van der Waals surface area contributed by atoms with E-state index in [2.05, 4.69) is 4.98 Å². The van der Waals surface area contributed by atoms with Crippen molar-refractivity contribution in [2.45, 2.75) is 32.2 Å². The number of hydrogen-bond acceptors (Lipinski definition) is 9. The van der Waals surface area contributed by atoms with E-state index in [0.29, 0.717) is 24.3 Å². The maximum atomic E-state index is 13.1. The normalized spacial score (nSPS) is 17.8. The number of hydrogen-bond donors (Lipinski definition) is 0. The third-order valence-electron chi connectivity index (χ3n) is 5.86. The first-order valence-corrected chi connectivity index (χ1v) is 11.0. The highest BCUT2D eigenvalue weighted by Crippen LogP contribution is 2.48. The van der Waals surface area contributed by atoms with Crippen LogP contribution in [0.3, 0.4) is 0 Å². The number of rotatable bonds is 8. The molecule has 2 aromatic rings. The third kappa shape index (κ3) is 5.15. The van der Waals surface area contributed by atoms with Crippen LogP contribution < -0.4 is 14.2 Å². The number of ether oxygens (including phenoxy) is 4. The Kier molecular flexibility index (Phi) is 8.11. The van der Waals surface area contributed by atoms with Gasteiger partial charge >= 0.3 is 11.9 Å². The average Bonchev–Trinajstić information content (AvgIpc) is 3.16. The maximum Gasteiger partial charge on any atom is 0.346 e. The Morgan fingerprint density at radius 3 is 2.47 bits per heavy atom. The Bertz CT molecular complexity index is 1100. The maximum absolute atomic E-state index is 13.1. The molecule has 10 heteroatoms. The molecular formula is C24H27ClN2O7. The zero-order chi connectivity index (χ0) is 25.0. The molecule has 0 saturated carbocycles. The molecule has 1 aliphatic heterocycles. The third-order valence-corrected chi connectivity index (χ3v) is 6.16. The molecule has 1 aromatic heterocycles. The first kappa shape index (κ1) is 25.5. The largest absolute Gasteiger partial charge is 0.496 e. The Balaban J connectivity index is 2.20. The summed E-state index contributed by atoms with van der Waals surface area (Å²) < 4.78 is 22.2. The Morgan fingerprint density at radius 2 is 1.88 bits per heavy atom. The number of carbonyl (C=O) groups excluding carboxylic acids is 3. The van der Waals surface area contributed by atoms with E-state index < -0.39 is 11.9 Å². The molecule has 9 nitrogen and oxygen atoms in total. The predicted molar refractivity (Wildman–Crippen MR) is 124 cm³/mol. The molecular weight excluding hydrogens is 464 g/mol. The van der Waals surface area contributed by atoms with Crippen LogP contribution in [0.2, 0.25) is 5.15 Å². The quantitative estimate of drug-likeness (QED) is 0.238. The fourth-order valence-corrected chi connectivity index (χ4v) is 4.42. The van der Waals surface area contributed by atoms with Gasteiger partial charge in [0.15, 0.2) is 11.5 Å². The van der Waals surface area contributed by atoms with E-state index in [1.165, 1.54) is 40.3 Å². The minimum atomic E-state index is -0.778. The van der Waals surface area contributed by atoms with Gasteiger partial charge in [-0.2, -0.15) is 0 Å². The van der Waals surface area contributed by atoms with Crippen LogP contribution in [-0.4, -0.2) is 68.1 Å². The van der Waals surface area contributed by atoms with Gasteiger partial charge in [-0.15, -0.1) is 0 Å². The molecule has 182 valence electrons. The summed E-state index contributed by atoms with van der Waals surface area (Å²) >= 11 is 6.10. The highest BCUT2D eigenvalue weighted by molar-refractivity contribution is 6.32. The molecule has 0 spiro atoms. The minimum absolute atomic E-state index is 0.0263. The highest BCUT2D eigenvalue weighted by atomic mass is 35.5. The number of methoxy groups -OCH3 is 2. The summed E-state index contributed by atoms with van der Waals surface area (Å²) in [5.74, 6) is -1.19. The van der Waals surface area contributed by atoms with Crippen LogP contribution in [0.1, 0.15) is 52.5 Å². The van der Waals surface area contributed by atoms with Gasteiger partial charge in [0.2, 0.25) is 0 Å². The summed E-state index contributed by atoms with van der Waals surface area (Å²) in [4.78, 5) is 43.3. The van der Waals surface area contributed by atoms with E-state index >= 15 is 0 Å². The number of pyridine rings is 1. The summed E-state index contributed by atoms with van der Waals surface area (Å²) in [5.41, 5.74) is 0.669. The van der Waals surface area contributed by atoms with Crippen molar-refractivity contribution in [1.82, 2.24) is 9.88 Å². The summed E-state index contributed by atoms with van der Waals surface area (Å²) in [6.45, 7) is 3.53. The number of likely N-dealkylation sites (tertiary alicyclic amines) is 1. The van der Waals surface area contributed by atoms with Crippen LogP contribution in [0.5, 0.6) is 17.2 Å². The van der Waals surface area contributed by atoms with Crippen molar-refractivity contribution >= 4 is 29.3 Å². The summed E-state index contributed by atoms with van der Waals surface area (Å²) in [7, 11) is 4.81. The van der Waals surface area contributed by atoms with Gasteiger partial charge in [0.25, 0.3) is 0 Å². The zero-order valence-corrected chi connectivity index (χ0v) is 20.5. The van der Waals surface area contributed by atoms with E-state index in [1.54, 1.807) is 12.1 Å². The minimum Gasteiger partial charge on any atom is -0.496 e. The lowest BCUT2D eigenvalue weighted by atomic mass is 9.87. The monoisotopic (exact) mass is 490 g/mol. The molecule has 0 N–H and O–H groups in total. The van der Waals surface area contributed by atoms with Crippen molar-refractivity contribution in [3.63, 3.8) is 0 Å². The molecule has 3 rings (SSSR count). The molecule has 34 heavy (non-hydrogen) atoms. The van der Waals surface area contributed by atoms with E-state index in [1.807, 2.05) is 11.9 Å². The van der Waals surface area contributed by atoms with Crippen molar-refractivity contribution < 1.29 is 33.3 Å². The van der Waals surface area contributed by atoms with Crippen molar-refractivity contribution in [2.24, 2.45) is 0 Å². The SMILES string of the molecule is COc1cc(OC)c([C@@H]2CCN(C)[C@H]2COC(C)=O)c(OC(=O)c2cccnc2Cl)c1C(C)=O. The fraction of sp³-hybridized carbons (Fsp3) is 0.417. The Labute approximate surface area is 202 Å². The van der Waals surface area contributed by atoms with E-state index in [4.69, 9.17) is 30.5 Å². The molecule has 0 aliphatic carbocycles. The summed E-state index contributed by atoms with van der Waals surface area (Å²) in [6, 6.07) is 4.41. The number of benzene rings is 1. The van der Waals surface area contributed by atoms with Gasteiger partial charge in [-0.05, 0) is 39.1 Å². The molecule has 0 amide bonds. The number of likely N-dealkylation sites (N-methyl/N-ethyl adjacent to an activating group) is 1. The average molecular weight is 491 g/mol. The number of ketones is 1. The smallest absolute Gasteiger partial charge is 0.346 e. The van der Waals surface area contributed by atoms with Gasteiger partial charge in [0.1, 0.15) is 28.8 Å². The van der Waals surface area contributed by atoms with Crippen LogP contribution in [0, 0.1) is 0 Å². The predicted octanol–water partition coefficient (Wildman–Crippen LogP) is 3.52. The van der Waals surface area contributed by atoms with Crippen LogP contribution in [-0.2, 0) is 9.53 Å². The van der Waals surface area contributed by atoms with Crippen molar-refractivity contribution in [1.29, 1.82) is 0 Å². The van der Waals surface area contributed by atoms with Gasteiger partial charge in [-0.25, -0.2) is 9.78 Å². The summed E-state index contributed by atoms with van der Waals surface area (Å²) in [5, 5.41) is -0.0263. The van der Waals surface area contributed by atoms with Crippen molar-refractivity contribution in [3.05, 3.63) is 46.2 Å². The molecule has 1 aliphatic rings. The first-order valence-electron chi connectivity index (χ1n) is 10.7. The molecule has 1 saturated heterocycles. The molecule has 0 bridgehead atoms. The number of carbonyl (C=O) groups is 3. The van der Waals surface area contributed by atoms with Gasteiger partial charge in [-0.1, -0.05) is 11.6 Å². The molecule has 1 aromatic carbocycles. The number of halogens is 1. The van der Waals surface area contributed by atoms with E-state index in [-0.39, 0.29) is 52.1 Å². The molecule has 2 atom stereocenters. The lowest BCUT2D eigenvalue weighted by molar-refractivity contribution is -0.142. The van der Waals surface area contributed by atoms with Crippen molar-refractivity contribution in [2.75, 3.05) is 34.4 Å². The van der Waals surface area contributed by atoms with E-state index in [0.717, 1.165) is 0 Å². The van der Waals surface area contributed by atoms with Gasteiger partial charge in [0, 0.05) is 30.7 Å². The fourth-order valence-electron chi connectivity index (χ4n) is 4.22. The molecule has 0 unspecified atom stereocenters. The number of esters is 2. The summed E-state index contributed by atoms with van der Waals surface area (Å²) in [6.07, 6.45) is 2.11. The Morgan fingerprint density at radius 1 is 1.18 bits per heavy atom. The zero-order valence-electron chi connectivity index (χ0n) is 19.7. The van der Waals surface area contributed by atoms with Crippen LogP contribution in [0.15, 0.2) is 24.4 Å². The second-order valence-corrected chi connectivity index (χ2v) is 8.29. The van der Waals surface area contributed by atoms with Crippen LogP contribution >= 0.6 is 11.6 Å². The lowest BCUT2D eigenvalue weighted by Gasteiger charge is -2.28. The highest BCUT2D eigenvalue weighted by Gasteiger charge is 2.40. The van der Waals surface area contributed by atoms with E-state index in [9.17, 15) is 14.4 Å². The number of aromatic nitrogens is 1. The second-order valence-electron chi connectivity index (χ2n) is 7.93. The van der Waals surface area contributed by atoms with Gasteiger partial charge < -0.3 is 18.9 Å².